The lowest BCUT2D eigenvalue weighted by Crippen LogP contribution is -2.08. The molecule has 1 heterocycles. The van der Waals surface area contributed by atoms with Crippen LogP contribution < -0.4 is 5.73 Å². The van der Waals surface area contributed by atoms with Gasteiger partial charge in [0, 0.05) is 0 Å². The molecule has 0 radical (unpaired) electrons. The van der Waals surface area contributed by atoms with Crippen LogP contribution in [0.5, 0.6) is 0 Å². The van der Waals surface area contributed by atoms with Gasteiger partial charge in [0.15, 0.2) is 5.69 Å². The fourth-order valence-electron chi connectivity index (χ4n) is 2.78. The highest BCUT2D eigenvalue weighted by atomic mass is 19.4. The number of nitrogens with one attached hydrogen (secondary N) is 1. The van der Waals surface area contributed by atoms with E-state index in [-0.39, 0.29) is 5.69 Å². The highest BCUT2D eigenvalue weighted by molar-refractivity contribution is 5.84. The molecule has 168 valence electrons. The molecule has 0 atom stereocenters. The molecule has 10 heteroatoms. The van der Waals surface area contributed by atoms with Crippen molar-refractivity contribution in [3.8, 4) is 0 Å². The number of hydrogen-bond donors (Lipinski definition) is 3. The predicted molar refractivity (Wildman–Crippen MR) is 104 cm³/mol. The second-order valence-electron chi connectivity index (χ2n) is 6.84. The van der Waals surface area contributed by atoms with Crippen LogP contribution in [0.2, 0.25) is 0 Å². The summed E-state index contributed by atoms with van der Waals surface area (Å²) in [6.07, 6.45) is 5.80. The lowest BCUT2D eigenvalue weighted by Gasteiger charge is -2.10. The molecule has 0 fully saturated rings. The number of aryl methyl sites for hydroxylation is 1. The summed E-state index contributed by atoms with van der Waals surface area (Å²) in [6, 6.07) is 3.29. The molecule has 30 heavy (non-hydrogen) atoms. The highest BCUT2D eigenvalue weighted by Gasteiger charge is 2.34. The third-order valence-electron chi connectivity index (χ3n) is 4.39. The van der Waals surface area contributed by atoms with Crippen LogP contribution in [0.1, 0.15) is 73.0 Å². The maximum absolute atomic E-state index is 13.2. The number of H-pyrrole nitrogens is 1. The van der Waals surface area contributed by atoms with Gasteiger partial charge < -0.3 is 10.8 Å². The first-order chi connectivity index (χ1) is 14.3. The Kier molecular flexibility index (Phi) is 11.7. The quantitative estimate of drug-likeness (QED) is 0.343. The lowest BCUT2D eigenvalue weighted by atomic mass is 10.0. The number of aromatic amines is 1. The zero-order valence-corrected chi connectivity index (χ0v) is 16.7. The Hall–Kier alpha value is -2.49. The molecule has 0 aliphatic carbocycles. The number of carboxylic acids is 1. The van der Waals surface area contributed by atoms with Crippen LogP contribution in [0.3, 0.4) is 0 Å². The number of nitrogens with zero attached hydrogens (tertiary/aromatic N) is 2. The van der Waals surface area contributed by atoms with Crippen LogP contribution in [0, 0.1) is 5.82 Å². The highest BCUT2D eigenvalue weighted by Crippen LogP contribution is 2.32. The van der Waals surface area contributed by atoms with Gasteiger partial charge in [-0.25, -0.2) is 9.18 Å². The van der Waals surface area contributed by atoms with Crippen molar-refractivity contribution in [3.63, 3.8) is 0 Å². The first kappa shape index (κ1) is 25.5. The molecule has 0 bridgehead atoms. The van der Waals surface area contributed by atoms with E-state index in [2.05, 4.69) is 15.4 Å². The molecule has 0 amide bonds. The Balaban J connectivity index is 0.000000467. The first-order valence-corrected chi connectivity index (χ1v) is 9.90. The molecule has 1 aromatic heterocycles. The minimum Gasteiger partial charge on any atom is -0.476 e. The number of carboxylic acid groups (broad SMARTS) is 1. The van der Waals surface area contributed by atoms with Crippen molar-refractivity contribution in [2.75, 3.05) is 6.54 Å². The van der Waals surface area contributed by atoms with E-state index in [1.54, 1.807) is 0 Å². The number of hydrogen-bond acceptors (Lipinski definition) is 4. The third kappa shape index (κ3) is 10.3. The van der Waals surface area contributed by atoms with Crippen LogP contribution in [-0.2, 0) is 12.6 Å². The van der Waals surface area contributed by atoms with Gasteiger partial charge in [-0.05, 0) is 43.5 Å². The van der Waals surface area contributed by atoms with Gasteiger partial charge in [-0.15, -0.1) is 5.10 Å². The molecular weight excluding hydrogens is 404 g/mol. The summed E-state index contributed by atoms with van der Waals surface area (Å²) < 4.78 is 50.9. The number of unbranched alkanes of at least 4 members (excludes halogenated alkanes) is 7. The van der Waals surface area contributed by atoms with Gasteiger partial charge >= 0.3 is 12.1 Å². The van der Waals surface area contributed by atoms with Gasteiger partial charge in [0.1, 0.15) is 5.82 Å². The lowest BCUT2D eigenvalue weighted by molar-refractivity contribution is -0.140. The second kappa shape index (κ2) is 13.7. The Morgan fingerprint density at radius 2 is 1.63 bits per heavy atom. The Bertz CT molecular complexity index is 737. The zero-order chi connectivity index (χ0) is 22.4. The Labute approximate surface area is 172 Å². The van der Waals surface area contributed by atoms with Crippen molar-refractivity contribution < 1.29 is 27.5 Å². The van der Waals surface area contributed by atoms with Crippen molar-refractivity contribution in [3.05, 3.63) is 47.0 Å². The molecule has 2 rings (SSSR count). The smallest absolute Gasteiger partial charge is 0.419 e. The number of rotatable bonds is 11. The summed E-state index contributed by atoms with van der Waals surface area (Å²) in [5, 5.41) is 16.9. The third-order valence-corrected chi connectivity index (χ3v) is 4.39. The molecule has 4 N–H and O–H groups in total. The SMILES string of the molecule is NCCCCCCCCCCc1ccc(F)c(C(F)(F)F)c1.O=C(O)c1cn[nH]n1. The van der Waals surface area contributed by atoms with E-state index in [1.165, 1.54) is 25.3 Å². The Morgan fingerprint density at radius 1 is 1.03 bits per heavy atom. The van der Waals surface area contributed by atoms with Gasteiger partial charge in [0.05, 0.1) is 11.8 Å². The Morgan fingerprint density at radius 3 is 2.10 bits per heavy atom. The standard InChI is InChI=1S/C17H25F4N.C3H3N3O2/c18-16-11-10-14(13-15(16)17(19,20)21)9-7-5-3-1-2-4-6-8-12-22;7-3(8)2-1-4-6-5-2/h10-11,13H,1-9,12,22H2;1H,(H,7,8)(H,4,5,6). The molecule has 0 spiro atoms. The molecule has 0 aliphatic rings. The average Bonchev–Trinajstić information content (AvgIpc) is 3.23. The van der Waals surface area contributed by atoms with Crippen LogP contribution in [-0.4, -0.2) is 33.0 Å². The largest absolute Gasteiger partial charge is 0.476 e. The zero-order valence-electron chi connectivity index (χ0n) is 16.7. The molecule has 0 saturated carbocycles. The van der Waals surface area contributed by atoms with E-state index in [0.29, 0.717) is 12.0 Å². The van der Waals surface area contributed by atoms with E-state index in [1.807, 2.05) is 0 Å². The second-order valence-corrected chi connectivity index (χ2v) is 6.84. The molecule has 0 unspecified atom stereocenters. The predicted octanol–water partition coefficient (Wildman–Crippen LogP) is 4.97. The molecule has 0 aliphatic heterocycles. The molecular formula is C20H28F4N4O2. The maximum atomic E-state index is 13.2. The van der Waals surface area contributed by atoms with E-state index >= 15 is 0 Å². The molecule has 6 nitrogen and oxygen atoms in total. The van der Waals surface area contributed by atoms with Gasteiger partial charge in [0.2, 0.25) is 0 Å². The minimum atomic E-state index is -4.62. The van der Waals surface area contributed by atoms with Crippen LogP contribution in [0.25, 0.3) is 0 Å². The van der Waals surface area contributed by atoms with Crippen molar-refractivity contribution in [2.24, 2.45) is 5.73 Å². The van der Waals surface area contributed by atoms with Crippen molar-refractivity contribution in [1.29, 1.82) is 0 Å². The topological polar surface area (TPSA) is 105 Å². The summed E-state index contributed by atoms with van der Waals surface area (Å²) in [7, 11) is 0. The molecule has 1 aromatic carbocycles. The molecule has 0 saturated heterocycles. The fraction of sp³-hybridized carbons (Fsp3) is 0.550. The molecule has 2 aromatic rings. The van der Waals surface area contributed by atoms with E-state index in [9.17, 15) is 22.4 Å². The summed E-state index contributed by atoms with van der Waals surface area (Å²) >= 11 is 0. The first-order valence-electron chi connectivity index (χ1n) is 9.90. The van der Waals surface area contributed by atoms with Crippen molar-refractivity contribution in [2.45, 2.75) is 64.0 Å². The van der Waals surface area contributed by atoms with Gasteiger partial charge in [-0.1, -0.05) is 44.6 Å². The van der Waals surface area contributed by atoms with Crippen LogP contribution in [0.15, 0.2) is 24.4 Å². The number of aromatic carboxylic acids is 1. The minimum absolute atomic E-state index is 0.0648. The number of alkyl halides is 3. The summed E-state index contributed by atoms with van der Waals surface area (Å²) in [5.74, 6) is -2.27. The fourth-order valence-corrected chi connectivity index (χ4v) is 2.78. The van der Waals surface area contributed by atoms with Crippen LogP contribution >= 0.6 is 0 Å². The average molecular weight is 432 g/mol. The maximum Gasteiger partial charge on any atom is 0.419 e. The van der Waals surface area contributed by atoms with Crippen LogP contribution in [0.4, 0.5) is 17.6 Å². The van der Waals surface area contributed by atoms with Gasteiger partial charge in [-0.3, -0.25) is 0 Å². The summed E-state index contributed by atoms with van der Waals surface area (Å²) in [6.45, 7) is 0.748. The number of carbonyl (C=O) groups is 1. The van der Waals surface area contributed by atoms with Crippen molar-refractivity contribution >= 4 is 5.97 Å². The number of benzene rings is 1. The summed E-state index contributed by atoms with van der Waals surface area (Å²) in [4.78, 5) is 9.94. The summed E-state index contributed by atoms with van der Waals surface area (Å²) in [5.41, 5.74) is 4.74. The van der Waals surface area contributed by atoms with Crippen molar-refractivity contribution in [1.82, 2.24) is 15.4 Å². The van der Waals surface area contributed by atoms with E-state index < -0.39 is 23.5 Å². The number of halogens is 4. The van der Waals surface area contributed by atoms with E-state index in [4.69, 9.17) is 10.8 Å². The monoisotopic (exact) mass is 432 g/mol. The van der Waals surface area contributed by atoms with Gasteiger partial charge in [-0.2, -0.15) is 23.5 Å². The van der Waals surface area contributed by atoms with Gasteiger partial charge in [0.25, 0.3) is 0 Å². The normalized spacial score (nSPS) is 11.1. The van der Waals surface area contributed by atoms with E-state index in [0.717, 1.165) is 57.0 Å². The number of nitrogens with two attached hydrogens (primary N) is 1. The number of aromatic nitrogens is 3.